The molecule has 0 aliphatic carbocycles. The fourth-order valence-corrected chi connectivity index (χ4v) is 2.66. The molecule has 0 atom stereocenters. The van der Waals surface area contributed by atoms with Crippen molar-refractivity contribution in [3.63, 3.8) is 0 Å². The van der Waals surface area contributed by atoms with Crippen molar-refractivity contribution in [2.24, 2.45) is 7.05 Å². The van der Waals surface area contributed by atoms with Crippen molar-refractivity contribution in [2.75, 3.05) is 36.5 Å². The molecule has 1 fully saturated rings. The van der Waals surface area contributed by atoms with Gasteiger partial charge in [0.15, 0.2) is 17.5 Å². The van der Waals surface area contributed by atoms with E-state index in [0.717, 1.165) is 0 Å². The Morgan fingerprint density at radius 1 is 1.19 bits per heavy atom. The van der Waals surface area contributed by atoms with Crippen molar-refractivity contribution in [3.8, 4) is 0 Å². The molecule has 27 heavy (non-hydrogen) atoms. The molecule has 1 aromatic carbocycles. The minimum Gasteiger partial charge on any atom is -0.378 e. The molecule has 0 bridgehead atoms. The molecule has 1 aliphatic heterocycles. The zero-order valence-corrected chi connectivity index (χ0v) is 14.5. The van der Waals surface area contributed by atoms with E-state index in [1.54, 1.807) is 0 Å². The molecule has 1 saturated heterocycles. The van der Waals surface area contributed by atoms with E-state index in [1.165, 1.54) is 17.7 Å². The van der Waals surface area contributed by atoms with Crippen LogP contribution in [0.4, 0.5) is 24.7 Å². The standard InChI is InChI=1S/C17H17F3N4O3/c1-23-13(22-14(9-16(23)26)24-2-4-27-5-3-24)8-15(25)21-10-6-11(18)17(20)12(19)7-10/h6-7,9H,2-5,8H2,1H3,(H,21,25). The lowest BCUT2D eigenvalue weighted by molar-refractivity contribution is -0.115. The van der Waals surface area contributed by atoms with Crippen molar-refractivity contribution in [1.29, 1.82) is 0 Å². The van der Waals surface area contributed by atoms with Gasteiger partial charge in [0, 0.05) is 44.0 Å². The summed E-state index contributed by atoms with van der Waals surface area (Å²) in [7, 11) is 1.47. The molecule has 1 aromatic heterocycles. The van der Waals surface area contributed by atoms with Gasteiger partial charge < -0.3 is 15.0 Å². The summed E-state index contributed by atoms with van der Waals surface area (Å²) in [4.78, 5) is 30.6. The van der Waals surface area contributed by atoms with Gasteiger partial charge in [-0.15, -0.1) is 0 Å². The highest BCUT2D eigenvalue weighted by Gasteiger charge is 2.18. The first-order valence-electron chi connectivity index (χ1n) is 8.19. The van der Waals surface area contributed by atoms with Crippen LogP contribution < -0.4 is 15.8 Å². The first kappa shape index (κ1) is 18.9. The Hall–Kier alpha value is -2.88. The highest BCUT2D eigenvalue weighted by molar-refractivity contribution is 5.91. The Balaban J connectivity index is 1.79. The predicted octanol–water partition coefficient (Wildman–Crippen LogP) is 1.22. The van der Waals surface area contributed by atoms with Crippen molar-refractivity contribution >= 4 is 17.4 Å². The number of hydrogen-bond acceptors (Lipinski definition) is 5. The number of benzene rings is 1. The van der Waals surface area contributed by atoms with Crippen LogP contribution in [-0.4, -0.2) is 41.8 Å². The Kier molecular flexibility index (Phi) is 5.45. The van der Waals surface area contributed by atoms with Crippen molar-refractivity contribution in [3.05, 3.63) is 51.8 Å². The van der Waals surface area contributed by atoms with Gasteiger partial charge in [-0.1, -0.05) is 0 Å². The first-order valence-corrected chi connectivity index (χ1v) is 8.19. The number of halogens is 3. The van der Waals surface area contributed by atoms with Crippen LogP contribution in [0.1, 0.15) is 5.82 Å². The molecule has 144 valence electrons. The minimum absolute atomic E-state index is 0.185. The predicted molar refractivity (Wildman–Crippen MR) is 91.2 cm³/mol. The topological polar surface area (TPSA) is 76.5 Å². The van der Waals surface area contributed by atoms with E-state index in [4.69, 9.17) is 4.74 Å². The van der Waals surface area contributed by atoms with E-state index in [-0.39, 0.29) is 23.5 Å². The van der Waals surface area contributed by atoms with Gasteiger partial charge in [0.25, 0.3) is 5.56 Å². The zero-order chi connectivity index (χ0) is 19.6. The van der Waals surface area contributed by atoms with Gasteiger partial charge in [0.05, 0.1) is 19.6 Å². The fourth-order valence-electron chi connectivity index (χ4n) is 2.66. The lowest BCUT2D eigenvalue weighted by Crippen LogP contribution is -2.38. The van der Waals surface area contributed by atoms with Gasteiger partial charge in [0.2, 0.25) is 5.91 Å². The van der Waals surface area contributed by atoms with E-state index >= 15 is 0 Å². The number of carbonyl (C=O) groups excluding carboxylic acids is 1. The molecule has 10 heteroatoms. The zero-order valence-electron chi connectivity index (χ0n) is 14.5. The minimum atomic E-state index is -1.62. The third-order valence-electron chi connectivity index (χ3n) is 4.14. The molecule has 3 rings (SSSR count). The first-order chi connectivity index (χ1) is 12.8. The van der Waals surface area contributed by atoms with Crippen molar-refractivity contribution in [2.45, 2.75) is 6.42 Å². The van der Waals surface area contributed by atoms with E-state index in [1.807, 2.05) is 4.90 Å². The number of carbonyl (C=O) groups is 1. The Morgan fingerprint density at radius 3 is 2.44 bits per heavy atom. The maximum Gasteiger partial charge on any atom is 0.255 e. The fraction of sp³-hybridized carbons (Fsp3) is 0.353. The summed E-state index contributed by atoms with van der Waals surface area (Å²) in [6, 6.07) is 2.72. The molecular formula is C17H17F3N4O3. The summed E-state index contributed by atoms with van der Waals surface area (Å²) >= 11 is 0. The van der Waals surface area contributed by atoms with Crippen LogP contribution in [0.25, 0.3) is 0 Å². The maximum absolute atomic E-state index is 13.3. The number of rotatable bonds is 4. The average molecular weight is 382 g/mol. The second kappa shape index (κ2) is 7.78. The molecular weight excluding hydrogens is 365 g/mol. The van der Waals surface area contributed by atoms with Crippen LogP contribution in [-0.2, 0) is 23.0 Å². The van der Waals surface area contributed by atoms with Gasteiger partial charge in [-0.25, -0.2) is 18.2 Å². The summed E-state index contributed by atoms with van der Waals surface area (Å²) in [6.07, 6.45) is -0.301. The van der Waals surface area contributed by atoms with E-state index in [2.05, 4.69) is 10.3 Å². The normalized spacial score (nSPS) is 14.3. The third kappa shape index (κ3) is 4.27. The molecule has 7 nitrogen and oxygen atoms in total. The van der Waals surface area contributed by atoms with Crippen molar-refractivity contribution in [1.82, 2.24) is 9.55 Å². The summed E-state index contributed by atoms with van der Waals surface area (Å²) in [5.41, 5.74) is -0.570. The Morgan fingerprint density at radius 2 is 1.81 bits per heavy atom. The molecule has 1 amide bonds. The number of ether oxygens (including phenoxy) is 1. The number of hydrogen-bond donors (Lipinski definition) is 1. The van der Waals surface area contributed by atoms with Gasteiger partial charge in [-0.05, 0) is 0 Å². The van der Waals surface area contributed by atoms with Gasteiger partial charge in [0.1, 0.15) is 11.6 Å². The van der Waals surface area contributed by atoms with Crippen LogP contribution in [0.5, 0.6) is 0 Å². The summed E-state index contributed by atoms with van der Waals surface area (Å²) in [5.74, 6) is -4.47. The highest BCUT2D eigenvalue weighted by atomic mass is 19.2. The SMILES string of the molecule is Cn1c(CC(=O)Nc2cc(F)c(F)c(F)c2)nc(N2CCOCC2)cc1=O. The molecule has 1 aliphatic rings. The number of nitrogens with zero attached hydrogens (tertiary/aromatic N) is 3. The monoisotopic (exact) mass is 382 g/mol. The van der Waals surface area contributed by atoms with Crippen LogP contribution >= 0.6 is 0 Å². The van der Waals surface area contributed by atoms with Gasteiger partial charge in [-0.3, -0.25) is 14.2 Å². The summed E-state index contributed by atoms with van der Waals surface area (Å²) in [6.45, 7) is 2.16. The van der Waals surface area contributed by atoms with E-state index in [0.29, 0.717) is 44.3 Å². The molecule has 2 aromatic rings. The largest absolute Gasteiger partial charge is 0.378 e. The van der Waals surface area contributed by atoms with Gasteiger partial charge in [-0.2, -0.15) is 0 Å². The maximum atomic E-state index is 13.3. The van der Waals surface area contributed by atoms with Gasteiger partial charge >= 0.3 is 0 Å². The summed E-state index contributed by atoms with van der Waals surface area (Å²) < 4.78 is 46.0. The second-order valence-corrected chi connectivity index (χ2v) is 6.01. The molecule has 0 radical (unpaired) electrons. The lowest BCUT2D eigenvalue weighted by atomic mass is 10.2. The second-order valence-electron chi connectivity index (χ2n) is 6.01. The molecule has 1 N–H and O–H groups in total. The third-order valence-corrected chi connectivity index (χ3v) is 4.14. The highest BCUT2D eigenvalue weighted by Crippen LogP contribution is 2.18. The number of anilines is 2. The molecule has 2 heterocycles. The number of morpholine rings is 1. The van der Waals surface area contributed by atoms with E-state index in [9.17, 15) is 22.8 Å². The Bertz CT molecular complexity index is 903. The quantitative estimate of drug-likeness (QED) is 0.805. The van der Waals surface area contributed by atoms with Crippen molar-refractivity contribution < 1.29 is 22.7 Å². The lowest BCUT2D eigenvalue weighted by Gasteiger charge is -2.28. The number of aromatic nitrogens is 2. The van der Waals surface area contributed by atoms with Crippen LogP contribution in [0, 0.1) is 17.5 Å². The average Bonchev–Trinajstić information content (AvgIpc) is 2.64. The smallest absolute Gasteiger partial charge is 0.255 e. The molecule has 0 unspecified atom stereocenters. The van der Waals surface area contributed by atoms with E-state index < -0.39 is 23.4 Å². The molecule has 0 spiro atoms. The van der Waals surface area contributed by atoms with Crippen LogP contribution in [0.15, 0.2) is 23.0 Å². The number of amides is 1. The summed E-state index contributed by atoms with van der Waals surface area (Å²) in [5, 5.41) is 2.27. The Labute approximate surface area is 152 Å². The number of nitrogens with one attached hydrogen (secondary N) is 1. The van der Waals surface area contributed by atoms with Crippen LogP contribution in [0.2, 0.25) is 0 Å². The molecule has 0 saturated carbocycles. The van der Waals surface area contributed by atoms with Crippen LogP contribution in [0.3, 0.4) is 0 Å².